The van der Waals surface area contributed by atoms with Gasteiger partial charge in [0.05, 0.1) is 6.26 Å². The Morgan fingerprint density at radius 1 is 1.56 bits per heavy atom. The summed E-state index contributed by atoms with van der Waals surface area (Å²) in [7, 11) is 0. The van der Waals surface area contributed by atoms with Crippen LogP contribution in [0.5, 0.6) is 0 Å². The molecule has 1 aliphatic heterocycles. The summed E-state index contributed by atoms with van der Waals surface area (Å²) in [5.41, 5.74) is 0. The van der Waals surface area contributed by atoms with Gasteiger partial charge in [-0.15, -0.1) is 10.2 Å². The first kappa shape index (κ1) is 4.99. The Kier molecular flexibility index (Phi) is 0.754. The average molecular weight is 143 g/mol. The van der Waals surface area contributed by atoms with Crippen LogP contribution in [0.1, 0.15) is 5.76 Å². The van der Waals surface area contributed by atoms with Crippen molar-refractivity contribution < 1.29 is 4.42 Å². The molecule has 0 unspecified atom stereocenters. The topological polar surface area (TPSA) is 37.9 Å². The maximum atomic E-state index is 5.68. The van der Waals surface area contributed by atoms with Crippen molar-refractivity contribution in [3.8, 4) is 0 Å². The van der Waals surface area contributed by atoms with Crippen molar-refractivity contribution in [1.29, 1.82) is 0 Å². The molecular formula is C5H3ClN2O. The van der Waals surface area contributed by atoms with Crippen molar-refractivity contribution >= 4 is 11.6 Å². The highest BCUT2D eigenvalue weighted by molar-refractivity contribution is 6.24. The minimum absolute atomic E-state index is 0.587. The molecule has 0 aliphatic carbocycles. The summed E-state index contributed by atoms with van der Waals surface area (Å²) in [6.45, 7) is 0. The molecule has 4 heteroatoms. The predicted molar refractivity (Wildman–Crippen MR) is 31.1 cm³/mol. The fourth-order valence-corrected chi connectivity index (χ4v) is 0.747. The van der Waals surface area contributed by atoms with E-state index in [4.69, 9.17) is 16.0 Å². The van der Waals surface area contributed by atoms with E-state index >= 15 is 0 Å². The summed E-state index contributed by atoms with van der Waals surface area (Å²) < 4.78 is 4.94. The normalized spacial score (nSPS) is 20.1. The van der Waals surface area contributed by atoms with Gasteiger partial charge >= 0.3 is 5.12 Å². The molecule has 0 radical (unpaired) electrons. The summed E-state index contributed by atoms with van der Waals surface area (Å²) >= 11 is 5.68. The molecule has 1 aromatic heterocycles. The number of rotatable bonds is 1. The zero-order valence-corrected chi connectivity index (χ0v) is 5.17. The molecule has 9 heavy (non-hydrogen) atoms. The van der Waals surface area contributed by atoms with E-state index in [0.29, 0.717) is 5.76 Å². The zero-order chi connectivity index (χ0) is 6.32. The lowest BCUT2D eigenvalue weighted by atomic mass is 10.4. The van der Waals surface area contributed by atoms with Gasteiger partial charge in [-0.25, -0.2) is 0 Å². The van der Waals surface area contributed by atoms with E-state index in [2.05, 4.69) is 10.2 Å². The Morgan fingerprint density at radius 2 is 2.33 bits per heavy atom. The Hall–Kier alpha value is -0.830. The molecule has 0 saturated heterocycles. The summed E-state index contributed by atoms with van der Waals surface area (Å²) in [6, 6.07) is 3.50. The quantitative estimate of drug-likeness (QED) is 0.437. The lowest BCUT2D eigenvalue weighted by Gasteiger charge is -1.91. The first-order chi connectivity index (χ1) is 4.31. The van der Waals surface area contributed by atoms with Gasteiger partial charge in [0.15, 0.2) is 5.76 Å². The maximum absolute atomic E-state index is 5.68. The van der Waals surface area contributed by atoms with Crippen LogP contribution in [-0.4, -0.2) is 0 Å². The Balaban J connectivity index is 2.36. The van der Waals surface area contributed by atoms with Crippen LogP contribution in [0.2, 0.25) is 0 Å². The molecule has 0 bridgehead atoms. The summed E-state index contributed by atoms with van der Waals surface area (Å²) in [6.07, 6.45) is 1.54. The number of alkyl halides is 1. The largest absolute Gasteiger partial charge is 0.463 e. The number of hydrogen-bond acceptors (Lipinski definition) is 3. The first-order valence-electron chi connectivity index (χ1n) is 2.48. The molecule has 2 heterocycles. The van der Waals surface area contributed by atoms with Gasteiger partial charge in [-0.05, 0) is 12.1 Å². The third-order valence-corrected chi connectivity index (χ3v) is 1.45. The summed E-state index contributed by atoms with van der Waals surface area (Å²) in [4.78, 5) is 0. The van der Waals surface area contributed by atoms with Crippen molar-refractivity contribution in [2.24, 2.45) is 10.2 Å². The van der Waals surface area contributed by atoms with Crippen LogP contribution in [0.4, 0.5) is 0 Å². The van der Waals surface area contributed by atoms with Crippen LogP contribution < -0.4 is 0 Å². The van der Waals surface area contributed by atoms with Gasteiger partial charge in [-0.3, -0.25) is 0 Å². The van der Waals surface area contributed by atoms with E-state index in [1.165, 1.54) is 0 Å². The fourth-order valence-electron chi connectivity index (χ4n) is 0.602. The van der Waals surface area contributed by atoms with Crippen molar-refractivity contribution in [1.82, 2.24) is 0 Å². The molecule has 0 atom stereocenters. The van der Waals surface area contributed by atoms with E-state index in [-0.39, 0.29) is 0 Å². The number of hydrogen-bond donors (Lipinski definition) is 0. The van der Waals surface area contributed by atoms with Gasteiger partial charge in [0.25, 0.3) is 0 Å². The summed E-state index contributed by atoms with van der Waals surface area (Å²) in [5.74, 6) is 0.587. The minimum atomic E-state index is -0.872. The molecule has 0 fully saturated rings. The molecule has 1 aromatic rings. The Morgan fingerprint density at radius 3 is 2.78 bits per heavy atom. The first-order valence-corrected chi connectivity index (χ1v) is 2.86. The van der Waals surface area contributed by atoms with Crippen LogP contribution in [0.3, 0.4) is 0 Å². The fraction of sp³-hybridized carbons (Fsp3) is 0.200. The van der Waals surface area contributed by atoms with Gasteiger partial charge in [-0.1, -0.05) is 11.6 Å². The van der Waals surface area contributed by atoms with E-state index in [1.54, 1.807) is 18.4 Å². The predicted octanol–water partition coefficient (Wildman–Crippen LogP) is 2.09. The van der Waals surface area contributed by atoms with Gasteiger partial charge in [0, 0.05) is 0 Å². The van der Waals surface area contributed by atoms with Crippen LogP contribution in [0.25, 0.3) is 0 Å². The van der Waals surface area contributed by atoms with Crippen LogP contribution >= 0.6 is 11.6 Å². The van der Waals surface area contributed by atoms with Crippen LogP contribution in [0, 0.1) is 0 Å². The van der Waals surface area contributed by atoms with Crippen LogP contribution in [-0.2, 0) is 5.12 Å². The second kappa shape index (κ2) is 1.36. The Bertz CT molecular complexity index is 235. The minimum Gasteiger partial charge on any atom is -0.463 e. The van der Waals surface area contributed by atoms with E-state index in [9.17, 15) is 0 Å². The zero-order valence-electron chi connectivity index (χ0n) is 4.41. The molecule has 0 saturated carbocycles. The third kappa shape index (κ3) is 0.650. The van der Waals surface area contributed by atoms with Crippen molar-refractivity contribution in [3.05, 3.63) is 24.2 Å². The summed E-state index contributed by atoms with van der Waals surface area (Å²) in [5, 5.41) is 6.28. The molecule has 0 aromatic carbocycles. The molecule has 0 N–H and O–H groups in total. The van der Waals surface area contributed by atoms with E-state index in [0.717, 1.165) is 0 Å². The average Bonchev–Trinajstić information content (AvgIpc) is 2.46. The highest BCUT2D eigenvalue weighted by Crippen LogP contribution is 2.43. The molecule has 0 spiro atoms. The second-order valence-electron chi connectivity index (χ2n) is 1.76. The molecule has 2 rings (SSSR count). The van der Waals surface area contributed by atoms with Gasteiger partial charge in [0.2, 0.25) is 0 Å². The van der Waals surface area contributed by atoms with Crippen LogP contribution in [0.15, 0.2) is 33.0 Å². The monoisotopic (exact) mass is 142 g/mol. The van der Waals surface area contributed by atoms with E-state index < -0.39 is 5.12 Å². The van der Waals surface area contributed by atoms with Crippen molar-refractivity contribution in [2.45, 2.75) is 5.12 Å². The molecule has 46 valence electrons. The SMILES string of the molecule is ClC1(c2ccco2)N=N1. The highest BCUT2D eigenvalue weighted by atomic mass is 35.5. The van der Waals surface area contributed by atoms with Crippen molar-refractivity contribution in [3.63, 3.8) is 0 Å². The Labute approximate surface area is 56.3 Å². The lowest BCUT2D eigenvalue weighted by molar-refractivity contribution is 0.491. The molecule has 0 amide bonds. The molecular weight excluding hydrogens is 140 g/mol. The van der Waals surface area contributed by atoms with Crippen molar-refractivity contribution in [2.75, 3.05) is 0 Å². The lowest BCUT2D eigenvalue weighted by Crippen LogP contribution is -1.93. The maximum Gasteiger partial charge on any atom is 0.320 e. The smallest absolute Gasteiger partial charge is 0.320 e. The second-order valence-corrected chi connectivity index (χ2v) is 2.29. The van der Waals surface area contributed by atoms with Gasteiger partial charge < -0.3 is 4.42 Å². The molecule has 3 nitrogen and oxygen atoms in total. The third-order valence-electron chi connectivity index (χ3n) is 1.11. The number of halogens is 1. The van der Waals surface area contributed by atoms with Gasteiger partial charge in [0.1, 0.15) is 0 Å². The molecule has 1 aliphatic rings. The highest BCUT2D eigenvalue weighted by Gasteiger charge is 2.42. The number of furan rings is 1. The van der Waals surface area contributed by atoms with E-state index in [1.807, 2.05) is 0 Å². The van der Waals surface area contributed by atoms with Gasteiger partial charge in [-0.2, -0.15) is 0 Å². The standard InChI is InChI=1S/C5H3ClN2O/c6-5(7-8-5)4-2-1-3-9-4/h1-3H. The number of nitrogens with zero attached hydrogens (tertiary/aromatic N) is 2.